The van der Waals surface area contributed by atoms with Crippen molar-refractivity contribution in [1.29, 1.82) is 0 Å². The van der Waals surface area contributed by atoms with E-state index in [1.54, 1.807) is 0 Å². The minimum absolute atomic E-state index is 0.00883. The Bertz CT molecular complexity index is 1470. The molecule has 1 aromatic carbocycles. The van der Waals surface area contributed by atoms with Crippen LogP contribution in [-0.2, 0) is 6.18 Å². The number of pyridine rings is 1. The maximum absolute atomic E-state index is 13.4. The van der Waals surface area contributed by atoms with E-state index in [1.165, 1.54) is 19.1 Å². The number of carbonyl (C=O) groups is 1. The maximum atomic E-state index is 13.4. The van der Waals surface area contributed by atoms with Crippen molar-refractivity contribution in [3.05, 3.63) is 82.3 Å². The first-order chi connectivity index (χ1) is 18.3. The molecule has 10 nitrogen and oxygen atoms in total. The Morgan fingerprint density at radius 3 is 2.64 bits per heavy atom. The molecular weight excluding hydrogens is 548 g/mol. The molecule has 0 saturated heterocycles. The zero-order chi connectivity index (χ0) is 28.9. The lowest BCUT2D eigenvalue weighted by Gasteiger charge is -2.13. The molecule has 15 heteroatoms. The van der Waals surface area contributed by atoms with E-state index in [4.69, 9.17) is 27.2 Å². The highest BCUT2D eigenvalue weighted by molar-refractivity contribution is 6.31. The number of aromatic nitrogens is 3. The van der Waals surface area contributed by atoms with Crippen LogP contribution in [0, 0.1) is 12.7 Å². The number of rotatable bonds is 10. The third-order valence-electron chi connectivity index (χ3n) is 4.96. The average Bonchev–Trinajstić information content (AvgIpc) is 3.27. The van der Waals surface area contributed by atoms with Crippen molar-refractivity contribution < 1.29 is 37.3 Å². The van der Waals surface area contributed by atoms with Crippen LogP contribution in [0.4, 0.5) is 23.2 Å². The molecule has 39 heavy (non-hydrogen) atoms. The Labute approximate surface area is 223 Å². The van der Waals surface area contributed by atoms with Crippen molar-refractivity contribution in [2.45, 2.75) is 13.1 Å². The fourth-order valence-electron chi connectivity index (χ4n) is 3.18. The quantitative estimate of drug-likeness (QED) is 0.208. The highest BCUT2D eigenvalue weighted by Crippen LogP contribution is 2.30. The van der Waals surface area contributed by atoms with Gasteiger partial charge in [0.15, 0.2) is 5.69 Å². The molecule has 0 radical (unpaired) electrons. The molecule has 0 atom stereocenters. The van der Waals surface area contributed by atoms with E-state index in [2.05, 4.69) is 27.0 Å². The number of allylic oxidation sites excluding steroid dienone is 1. The van der Waals surface area contributed by atoms with Crippen molar-refractivity contribution in [3.8, 4) is 5.88 Å². The largest absolute Gasteiger partial charge is 0.477 e. The number of anilines is 1. The van der Waals surface area contributed by atoms with Gasteiger partial charge in [-0.3, -0.25) is 0 Å². The second-order valence-corrected chi connectivity index (χ2v) is 8.20. The van der Waals surface area contributed by atoms with Gasteiger partial charge in [-0.05, 0) is 37.3 Å². The van der Waals surface area contributed by atoms with E-state index in [9.17, 15) is 27.5 Å². The van der Waals surface area contributed by atoms with Gasteiger partial charge in [0.25, 0.3) is 0 Å². The third-order valence-corrected chi connectivity index (χ3v) is 5.25. The summed E-state index contributed by atoms with van der Waals surface area (Å²) >= 11 is 5.77. The standard InChI is InChI=1S/C24H21ClF4N6O4/c1-12-7-20(24(27,28)29)34-35(12)21(30)17(11-31-13(2)33-15-3-4-19(26)18(25)9-15)14-8-16(23(37)38)22(32-10-14)39-6-5-36/h3-4,7-11,33,36H,2,5-6,30H2,1H3,(H,37,38)/b21-17-,31-11?. The Hall–Kier alpha value is -4.43. The number of nitrogens with zero attached hydrogens (tertiary/aromatic N) is 4. The van der Waals surface area contributed by atoms with Gasteiger partial charge in [0.1, 0.15) is 29.6 Å². The van der Waals surface area contributed by atoms with E-state index in [0.29, 0.717) is 5.69 Å². The lowest BCUT2D eigenvalue weighted by molar-refractivity contribution is -0.141. The summed E-state index contributed by atoms with van der Waals surface area (Å²) in [4.78, 5) is 19.9. The van der Waals surface area contributed by atoms with E-state index in [0.717, 1.165) is 35.3 Å². The number of alkyl halides is 3. The SMILES string of the molecule is C=C(N=C/C(=C(\N)n1nc(C(F)(F)F)cc1C)c1cnc(OCCO)c(C(=O)O)c1)Nc1ccc(F)c(Cl)c1. The van der Waals surface area contributed by atoms with Crippen LogP contribution in [0.15, 0.2) is 53.9 Å². The molecule has 0 fully saturated rings. The average molecular weight is 569 g/mol. The molecule has 0 bridgehead atoms. The highest BCUT2D eigenvalue weighted by Gasteiger charge is 2.35. The van der Waals surface area contributed by atoms with Gasteiger partial charge in [0, 0.05) is 34.9 Å². The molecular formula is C24H21ClF4N6O4. The fourth-order valence-corrected chi connectivity index (χ4v) is 3.37. The van der Waals surface area contributed by atoms with Gasteiger partial charge in [-0.15, -0.1) is 0 Å². The van der Waals surface area contributed by atoms with Crippen molar-refractivity contribution in [2.24, 2.45) is 10.7 Å². The summed E-state index contributed by atoms with van der Waals surface area (Å²) < 4.78 is 59.2. The molecule has 3 rings (SSSR count). The summed E-state index contributed by atoms with van der Waals surface area (Å²) in [6.45, 7) is 4.42. The molecule has 0 unspecified atom stereocenters. The maximum Gasteiger partial charge on any atom is 0.435 e. The van der Waals surface area contributed by atoms with Crippen LogP contribution in [0.2, 0.25) is 5.02 Å². The van der Waals surface area contributed by atoms with Crippen LogP contribution in [0.5, 0.6) is 5.88 Å². The van der Waals surface area contributed by atoms with Crippen molar-refractivity contribution in [1.82, 2.24) is 14.8 Å². The summed E-state index contributed by atoms with van der Waals surface area (Å²) in [6.07, 6.45) is -2.48. The second kappa shape index (κ2) is 12.0. The number of aliphatic imine (C=N–C) groups is 1. The van der Waals surface area contributed by atoms with Crippen LogP contribution in [0.1, 0.15) is 27.3 Å². The number of aromatic carboxylic acids is 1. The number of nitrogens with one attached hydrogen (secondary N) is 1. The molecule has 0 amide bonds. The molecule has 0 aliphatic rings. The molecule has 3 aromatic rings. The van der Waals surface area contributed by atoms with Gasteiger partial charge in [-0.25, -0.2) is 23.8 Å². The van der Waals surface area contributed by atoms with Crippen molar-refractivity contribution in [2.75, 3.05) is 18.5 Å². The number of benzene rings is 1. The number of aliphatic hydroxyl groups is 1. The van der Waals surface area contributed by atoms with E-state index in [-0.39, 0.29) is 46.0 Å². The lowest BCUT2D eigenvalue weighted by atomic mass is 10.1. The molecule has 206 valence electrons. The molecule has 0 aliphatic heterocycles. The van der Waals surface area contributed by atoms with Crippen molar-refractivity contribution >= 4 is 40.9 Å². The van der Waals surface area contributed by atoms with Crippen LogP contribution in [0.3, 0.4) is 0 Å². The van der Waals surface area contributed by atoms with Gasteiger partial charge < -0.3 is 26.0 Å². The number of aryl methyl sites for hydroxylation is 1. The number of aliphatic hydroxyl groups excluding tert-OH is 1. The smallest absolute Gasteiger partial charge is 0.435 e. The van der Waals surface area contributed by atoms with Crippen LogP contribution in [-0.4, -0.2) is 50.4 Å². The van der Waals surface area contributed by atoms with Crippen molar-refractivity contribution in [3.63, 3.8) is 0 Å². The minimum Gasteiger partial charge on any atom is -0.477 e. The molecule has 2 aromatic heterocycles. The zero-order valence-corrected chi connectivity index (χ0v) is 20.9. The minimum atomic E-state index is -4.75. The summed E-state index contributed by atoms with van der Waals surface area (Å²) in [5.41, 5.74) is 4.93. The number of hydrogen-bond donors (Lipinski definition) is 4. The van der Waals surface area contributed by atoms with Gasteiger partial charge in [0.05, 0.1) is 11.6 Å². The van der Waals surface area contributed by atoms with E-state index < -0.39 is 35.8 Å². The third kappa shape index (κ3) is 7.12. The fraction of sp³-hybridized carbons (Fsp3) is 0.167. The molecule has 0 spiro atoms. The van der Waals surface area contributed by atoms with E-state index >= 15 is 0 Å². The topological polar surface area (TPSA) is 148 Å². The Morgan fingerprint density at radius 2 is 2.05 bits per heavy atom. The predicted molar refractivity (Wildman–Crippen MR) is 136 cm³/mol. The van der Waals surface area contributed by atoms with Crippen LogP contribution >= 0.6 is 11.6 Å². The number of hydrogen-bond acceptors (Lipinski definition) is 8. The highest BCUT2D eigenvalue weighted by atomic mass is 35.5. The first-order valence-electron chi connectivity index (χ1n) is 10.9. The number of ether oxygens (including phenoxy) is 1. The zero-order valence-electron chi connectivity index (χ0n) is 20.1. The number of nitrogens with two attached hydrogens (primary N) is 1. The van der Waals surface area contributed by atoms with Gasteiger partial charge in [0.2, 0.25) is 5.88 Å². The lowest BCUT2D eigenvalue weighted by Crippen LogP contribution is -2.15. The number of carboxylic acid groups (broad SMARTS) is 1. The normalized spacial score (nSPS) is 12.4. The summed E-state index contributed by atoms with van der Waals surface area (Å²) in [5.74, 6) is -2.72. The monoisotopic (exact) mass is 568 g/mol. The molecule has 0 aliphatic carbocycles. The Morgan fingerprint density at radius 1 is 1.33 bits per heavy atom. The second-order valence-electron chi connectivity index (χ2n) is 7.79. The predicted octanol–water partition coefficient (Wildman–Crippen LogP) is 4.41. The Balaban J connectivity index is 2.10. The van der Waals surface area contributed by atoms with E-state index in [1.807, 2.05) is 0 Å². The van der Waals surface area contributed by atoms with Gasteiger partial charge in [-0.2, -0.15) is 18.3 Å². The summed E-state index contributed by atoms with van der Waals surface area (Å²) in [7, 11) is 0. The summed E-state index contributed by atoms with van der Waals surface area (Å²) in [6, 6.07) is 5.67. The van der Waals surface area contributed by atoms with Crippen LogP contribution < -0.4 is 15.8 Å². The number of halogens is 5. The van der Waals surface area contributed by atoms with Gasteiger partial charge in [-0.1, -0.05) is 18.2 Å². The van der Waals surface area contributed by atoms with Crippen LogP contribution in [0.25, 0.3) is 11.4 Å². The number of carboxylic acids is 1. The summed E-state index contributed by atoms with van der Waals surface area (Å²) in [5, 5.41) is 24.7. The first kappa shape index (κ1) is 29.1. The Kier molecular flexibility index (Phi) is 8.93. The first-order valence-corrected chi connectivity index (χ1v) is 11.3. The molecule has 2 heterocycles. The molecule has 5 N–H and O–H groups in total. The molecule has 0 saturated carbocycles. The van der Waals surface area contributed by atoms with Gasteiger partial charge >= 0.3 is 12.1 Å².